The molecule has 0 bridgehead atoms. The van der Waals surface area contributed by atoms with E-state index in [1.54, 1.807) is 0 Å². The van der Waals surface area contributed by atoms with Gasteiger partial charge in [0.2, 0.25) is 0 Å². The minimum atomic E-state index is -0.288. The van der Waals surface area contributed by atoms with Crippen molar-refractivity contribution in [2.75, 3.05) is 6.61 Å². The first-order valence-electron chi connectivity index (χ1n) is 7.22. The molecule has 3 rings (SSSR count). The van der Waals surface area contributed by atoms with Crippen LogP contribution < -0.4 is 0 Å². The third-order valence-corrected chi connectivity index (χ3v) is 4.41. The number of aliphatic hydroxyl groups excluding tert-OH is 1. The number of hydrogen-bond donors (Lipinski definition) is 1. The molecule has 1 N–H and O–H groups in total. The van der Waals surface area contributed by atoms with Crippen LogP contribution >= 0.6 is 0 Å². The second-order valence-electron chi connectivity index (χ2n) is 5.64. The maximum absolute atomic E-state index is 10.3. The van der Waals surface area contributed by atoms with Gasteiger partial charge >= 0.3 is 0 Å². The molecule has 0 aromatic heterocycles. The number of fused-ring (bicyclic) bond motifs is 1. The van der Waals surface area contributed by atoms with E-state index in [1.807, 2.05) is 0 Å². The van der Waals surface area contributed by atoms with Crippen LogP contribution in [-0.2, 0) is 11.2 Å². The van der Waals surface area contributed by atoms with Crippen LogP contribution in [-0.4, -0.2) is 23.9 Å². The third-order valence-electron chi connectivity index (χ3n) is 4.41. The number of rotatable bonds is 3. The van der Waals surface area contributed by atoms with Gasteiger partial charge < -0.3 is 9.84 Å². The lowest BCUT2D eigenvalue weighted by molar-refractivity contribution is -0.00931. The van der Waals surface area contributed by atoms with E-state index < -0.39 is 0 Å². The van der Waals surface area contributed by atoms with E-state index in [-0.39, 0.29) is 12.2 Å². The molecule has 18 heavy (non-hydrogen) atoms. The molecule has 0 amide bonds. The normalized spacial score (nSPS) is 28.9. The molecule has 1 aliphatic heterocycles. The highest BCUT2D eigenvalue weighted by Gasteiger charge is 2.29. The molecule has 1 aromatic carbocycles. The summed E-state index contributed by atoms with van der Waals surface area (Å²) in [4.78, 5) is 0. The maximum atomic E-state index is 10.3. The van der Waals surface area contributed by atoms with Gasteiger partial charge in [0.25, 0.3) is 0 Å². The number of benzene rings is 1. The Labute approximate surface area is 109 Å². The third kappa shape index (κ3) is 2.45. The molecule has 1 aromatic rings. The first kappa shape index (κ1) is 12.2. The largest absolute Gasteiger partial charge is 0.390 e. The first-order valence-corrected chi connectivity index (χ1v) is 7.22. The van der Waals surface area contributed by atoms with Gasteiger partial charge in [0.15, 0.2) is 0 Å². The van der Waals surface area contributed by atoms with Gasteiger partial charge in [-0.25, -0.2) is 0 Å². The van der Waals surface area contributed by atoms with Crippen molar-refractivity contribution in [1.29, 1.82) is 0 Å². The van der Waals surface area contributed by atoms with E-state index in [0.717, 1.165) is 25.9 Å². The van der Waals surface area contributed by atoms with E-state index in [2.05, 4.69) is 24.3 Å². The summed E-state index contributed by atoms with van der Waals surface area (Å²) in [7, 11) is 0. The predicted molar refractivity (Wildman–Crippen MR) is 71.7 cm³/mol. The van der Waals surface area contributed by atoms with Crippen molar-refractivity contribution in [3.63, 3.8) is 0 Å². The fourth-order valence-electron chi connectivity index (χ4n) is 3.45. The van der Waals surface area contributed by atoms with Crippen molar-refractivity contribution in [3.05, 3.63) is 35.4 Å². The Bertz CT molecular complexity index is 396. The molecule has 1 saturated heterocycles. The topological polar surface area (TPSA) is 29.5 Å². The Kier molecular flexibility index (Phi) is 3.67. The molecule has 1 heterocycles. The summed E-state index contributed by atoms with van der Waals surface area (Å²) in [6.07, 6.45) is 6.44. The Balaban J connectivity index is 1.70. The Hall–Kier alpha value is -0.860. The molecule has 1 aliphatic carbocycles. The average molecular weight is 246 g/mol. The van der Waals surface area contributed by atoms with Crippen molar-refractivity contribution in [2.24, 2.45) is 0 Å². The molecule has 3 unspecified atom stereocenters. The minimum Gasteiger partial charge on any atom is -0.390 e. The molecule has 0 radical (unpaired) electrons. The van der Waals surface area contributed by atoms with Crippen LogP contribution in [0.3, 0.4) is 0 Å². The van der Waals surface area contributed by atoms with Crippen LogP contribution in [0.15, 0.2) is 24.3 Å². The molecule has 2 nitrogen and oxygen atoms in total. The lowest BCUT2D eigenvalue weighted by atomic mass is 9.79. The first-order chi connectivity index (χ1) is 8.84. The van der Waals surface area contributed by atoms with Gasteiger partial charge in [-0.15, -0.1) is 0 Å². The Morgan fingerprint density at radius 2 is 2.11 bits per heavy atom. The molecule has 98 valence electrons. The van der Waals surface area contributed by atoms with Gasteiger partial charge in [-0.1, -0.05) is 24.3 Å². The van der Waals surface area contributed by atoms with Crippen LogP contribution in [0.5, 0.6) is 0 Å². The van der Waals surface area contributed by atoms with Gasteiger partial charge in [-0.2, -0.15) is 0 Å². The van der Waals surface area contributed by atoms with Gasteiger partial charge in [-0.3, -0.25) is 0 Å². The number of aliphatic hydroxyl groups is 1. The molecular formula is C16H22O2. The summed E-state index contributed by atoms with van der Waals surface area (Å²) in [5.74, 6) is 0.522. The minimum absolute atomic E-state index is 0.0825. The second kappa shape index (κ2) is 5.41. The van der Waals surface area contributed by atoms with Crippen LogP contribution in [0.2, 0.25) is 0 Å². The van der Waals surface area contributed by atoms with Crippen molar-refractivity contribution in [1.82, 2.24) is 0 Å². The second-order valence-corrected chi connectivity index (χ2v) is 5.64. The summed E-state index contributed by atoms with van der Waals surface area (Å²) >= 11 is 0. The zero-order valence-electron chi connectivity index (χ0n) is 10.8. The fourth-order valence-corrected chi connectivity index (χ4v) is 3.45. The molecule has 1 fully saturated rings. The highest BCUT2D eigenvalue weighted by Crippen LogP contribution is 2.36. The van der Waals surface area contributed by atoms with Crippen LogP contribution in [0.25, 0.3) is 0 Å². The molecule has 2 aliphatic rings. The summed E-state index contributed by atoms with van der Waals surface area (Å²) in [6.45, 7) is 0.822. The lowest BCUT2D eigenvalue weighted by Gasteiger charge is -2.28. The zero-order valence-corrected chi connectivity index (χ0v) is 10.8. The van der Waals surface area contributed by atoms with Crippen LogP contribution in [0, 0.1) is 0 Å². The van der Waals surface area contributed by atoms with Crippen molar-refractivity contribution < 1.29 is 9.84 Å². The highest BCUT2D eigenvalue weighted by atomic mass is 16.5. The zero-order chi connectivity index (χ0) is 12.4. The van der Waals surface area contributed by atoms with E-state index >= 15 is 0 Å². The number of hydrogen-bond acceptors (Lipinski definition) is 2. The van der Waals surface area contributed by atoms with E-state index in [4.69, 9.17) is 4.74 Å². The summed E-state index contributed by atoms with van der Waals surface area (Å²) in [5.41, 5.74) is 2.94. The van der Waals surface area contributed by atoms with E-state index in [9.17, 15) is 5.11 Å². The van der Waals surface area contributed by atoms with Gasteiger partial charge in [0.1, 0.15) is 0 Å². The van der Waals surface area contributed by atoms with E-state index in [1.165, 1.54) is 30.4 Å². The summed E-state index contributed by atoms with van der Waals surface area (Å²) in [5, 5.41) is 10.3. The Morgan fingerprint density at radius 3 is 2.94 bits per heavy atom. The van der Waals surface area contributed by atoms with Crippen LogP contribution in [0.1, 0.15) is 49.1 Å². The Morgan fingerprint density at radius 1 is 1.22 bits per heavy atom. The predicted octanol–water partition coefficient (Wildman–Crippen LogP) is 3.04. The molecule has 0 saturated carbocycles. The van der Waals surface area contributed by atoms with Crippen molar-refractivity contribution in [2.45, 2.75) is 56.7 Å². The highest BCUT2D eigenvalue weighted by molar-refractivity contribution is 5.32. The fraction of sp³-hybridized carbons (Fsp3) is 0.625. The summed E-state index contributed by atoms with van der Waals surface area (Å²) < 4.78 is 5.59. The summed E-state index contributed by atoms with van der Waals surface area (Å²) in [6, 6.07) is 8.72. The maximum Gasteiger partial charge on any atom is 0.0835 e. The van der Waals surface area contributed by atoms with Crippen LogP contribution in [0.4, 0.5) is 0 Å². The molecule has 0 spiro atoms. The van der Waals surface area contributed by atoms with Gasteiger partial charge in [0.05, 0.1) is 12.2 Å². The van der Waals surface area contributed by atoms with Gasteiger partial charge in [0, 0.05) is 6.61 Å². The molecule has 3 atom stereocenters. The number of ether oxygens (including phenoxy) is 1. The number of aryl methyl sites for hydroxylation is 1. The van der Waals surface area contributed by atoms with Crippen molar-refractivity contribution >= 4 is 0 Å². The smallest absolute Gasteiger partial charge is 0.0835 e. The average Bonchev–Trinajstić information content (AvgIpc) is 2.93. The molecular weight excluding hydrogens is 224 g/mol. The lowest BCUT2D eigenvalue weighted by Crippen LogP contribution is -2.28. The van der Waals surface area contributed by atoms with E-state index in [0.29, 0.717) is 5.92 Å². The molecule has 2 heteroatoms. The SMILES string of the molecule is OC(CC1CCCc2ccccc21)C1CCCO1. The van der Waals surface area contributed by atoms with Crippen molar-refractivity contribution in [3.8, 4) is 0 Å². The standard InChI is InChI=1S/C16H22O2/c17-15(16-9-4-10-18-16)11-13-7-3-6-12-5-1-2-8-14(12)13/h1-2,5,8,13,15-17H,3-4,6-7,9-11H2. The quantitative estimate of drug-likeness (QED) is 0.888. The van der Waals surface area contributed by atoms with Gasteiger partial charge in [-0.05, 0) is 55.6 Å². The monoisotopic (exact) mass is 246 g/mol.